The molecule has 1 rings (SSSR count). The van der Waals surface area contributed by atoms with Crippen LogP contribution in [0.5, 0.6) is 0 Å². The minimum absolute atomic E-state index is 0.00305. The number of halogens is 2. The maximum atomic E-state index is 13.3. The minimum Gasteiger partial charge on any atom is -0.396 e. The quantitative estimate of drug-likeness (QED) is 0.848. The molecule has 100 valence electrons. The largest absolute Gasteiger partial charge is 0.396 e. The number of carbonyl (C=O) groups excluding carboxylic acids is 1. The Morgan fingerprint density at radius 1 is 1.33 bits per heavy atom. The normalized spacial score (nSPS) is 11.4. The lowest BCUT2D eigenvalue weighted by Gasteiger charge is -2.23. The van der Waals surface area contributed by atoms with Gasteiger partial charge in [0.25, 0.3) is 5.91 Å². The molecule has 0 bridgehead atoms. The van der Waals surface area contributed by atoms with Gasteiger partial charge in [0.15, 0.2) is 0 Å². The van der Waals surface area contributed by atoms with Gasteiger partial charge in [0.2, 0.25) is 0 Å². The Hall–Kier alpha value is -1.49. The van der Waals surface area contributed by atoms with Crippen LogP contribution in [-0.2, 0) is 0 Å². The summed E-state index contributed by atoms with van der Waals surface area (Å²) in [5, 5.41) is 11.3. The van der Waals surface area contributed by atoms with Crippen LogP contribution in [0.2, 0.25) is 0 Å². The molecular weight excluding hydrogens is 240 g/mol. The highest BCUT2D eigenvalue weighted by atomic mass is 19.1. The Balaban J connectivity index is 2.72. The monoisotopic (exact) mass is 257 g/mol. The van der Waals surface area contributed by atoms with Crippen molar-refractivity contribution in [1.82, 2.24) is 5.32 Å². The first-order valence-corrected chi connectivity index (χ1v) is 5.70. The summed E-state index contributed by atoms with van der Waals surface area (Å²) in [4.78, 5) is 11.7. The Labute approximate surface area is 105 Å². The summed E-state index contributed by atoms with van der Waals surface area (Å²) < 4.78 is 26.7. The zero-order chi connectivity index (χ0) is 13.8. The molecule has 3 nitrogen and oxygen atoms in total. The van der Waals surface area contributed by atoms with Gasteiger partial charge in [-0.3, -0.25) is 4.79 Å². The molecule has 0 aliphatic rings. The van der Waals surface area contributed by atoms with E-state index in [2.05, 4.69) is 5.32 Å². The summed E-state index contributed by atoms with van der Waals surface area (Å²) in [5.41, 5.74) is -0.899. The summed E-state index contributed by atoms with van der Waals surface area (Å²) in [6.07, 6.45) is 0.493. The van der Waals surface area contributed by atoms with Gasteiger partial charge >= 0.3 is 0 Å². The minimum atomic E-state index is -0.882. The van der Waals surface area contributed by atoms with Crippen LogP contribution >= 0.6 is 0 Å². The molecule has 0 radical (unpaired) electrons. The van der Waals surface area contributed by atoms with Crippen molar-refractivity contribution in [2.75, 3.05) is 13.2 Å². The lowest BCUT2D eigenvalue weighted by molar-refractivity contribution is 0.0919. The van der Waals surface area contributed by atoms with Crippen LogP contribution in [0.25, 0.3) is 0 Å². The third kappa shape index (κ3) is 3.77. The van der Waals surface area contributed by atoms with E-state index in [0.29, 0.717) is 6.42 Å². The predicted octanol–water partition coefficient (Wildman–Crippen LogP) is 2.10. The van der Waals surface area contributed by atoms with Gasteiger partial charge in [-0.25, -0.2) is 8.78 Å². The zero-order valence-electron chi connectivity index (χ0n) is 10.5. The highest BCUT2D eigenvalue weighted by Crippen LogP contribution is 2.19. The molecule has 0 aliphatic heterocycles. The summed E-state index contributed by atoms with van der Waals surface area (Å²) >= 11 is 0. The van der Waals surface area contributed by atoms with E-state index in [1.54, 1.807) is 0 Å². The fourth-order valence-corrected chi connectivity index (χ4v) is 1.51. The van der Waals surface area contributed by atoms with Crippen molar-refractivity contribution in [2.45, 2.75) is 20.3 Å². The molecule has 0 fully saturated rings. The van der Waals surface area contributed by atoms with E-state index in [0.717, 1.165) is 12.1 Å². The number of benzene rings is 1. The second kappa shape index (κ2) is 5.91. The molecule has 0 saturated heterocycles. The number of amides is 1. The smallest absolute Gasteiger partial charge is 0.257 e. The van der Waals surface area contributed by atoms with Crippen molar-refractivity contribution in [2.24, 2.45) is 5.41 Å². The average Bonchev–Trinajstić information content (AvgIpc) is 2.26. The molecule has 0 atom stereocenters. The fraction of sp³-hybridized carbons (Fsp3) is 0.462. The summed E-state index contributed by atoms with van der Waals surface area (Å²) in [5.74, 6) is -2.54. The molecule has 1 aromatic carbocycles. The van der Waals surface area contributed by atoms with E-state index < -0.39 is 23.1 Å². The number of hydrogen-bond donors (Lipinski definition) is 2. The molecule has 5 heteroatoms. The topological polar surface area (TPSA) is 49.3 Å². The Kier molecular flexibility index (Phi) is 4.78. The lowest BCUT2D eigenvalue weighted by Crippen LogP contribution is -2.35. The third-order valence-electron chi connectivity index (χ3n) is 2.71. The molecular formula is C13H17F2NO2. The summed E-state index contributed by atoms with van der Waals surface area (Å²) in [6, 6.07) is 3.28. The number of aliphatic hydroxyl groups excluding tert-OH is 1. The summed E-state index contributed by atoms with van der Waals surface area (Å²) in [6.45, 7) is 3.93. The van der Waals surface area contributed by atoms with Crippen LogP contribution in [0.4, 0.5) is 8.78 Å². The van der Waals surface area contributed by atoms with E-state index in [4.69, 9.17) is 5.11 Å². The highest BCUT2D eigenvalue weighted by molar-refractivity contribution is 5.94. The van der Waals surface area contributed by atoms with Gasteiger partial charge in [0.1, 0.15) is 17.2 Å². The third-order valence-corrected chi connectivity index (χ3v) is 2.71. The molecule has 0 aliphatic carbocycles. The van der Waals surface area contributed by atoms with Gasteiger partial charge in [0, 0.05) is 13.2 Å². The second-order valence-electron chi connectivity index (χ2n) is 4.92. The highest BCUT2D eigenvalue weighted by Gasteiger charge is 2.21. The molecule has 18 heavy (non-hydrogen) atoms. The van der Waals surface area contributed by atoms with Crippen molar-refractivity contribution >= 4 is 5.91 Å². The average molecular weight is 257 g/mol. The second-order valence-corrected chi connectivity index (χ2v) is 4.92. The standard InChI is InChI=1S/C13H17F2NO2/c1-13(2,6-7-17)8-16-12(18)11-9(14)4-3-5-10(11)15/h3-5,17H,6-8H2,1-2H3,(H,16,18). The van der Waals surface area contributed by atoms with Crippen LogP contribution in [0.3, 0.4) is 0 Å². The molecule has 0 spiro atoms. The predicted molar refractivity (Wildman–Crippen MR) is 64.2 cm³/mol. The SMILES string of the molecule is CC(C)(CCO)CNC(=O)c1c(F)cccc1F. The van der Waals surface area contributed by atoms with Crippen molar-refractivity contribution in [1.29, 1.82) is 0 Å². The van der Waals surface area contributed by atoms with Crippen LogP contribution in [-0.4, -0.2) is 24.2 Å². The van der Waals surface area contributed by atoms with E-state index in [1.807, 2.05) is 13.8 Å². The van der Waals surface area contributed by atoms with E-state index >= 15 is 0 Å². The van der Waals surface area contributed by atoms with Crippen molar-refractivity contribution in [3.63, 3.8) is 0 Å². The van der Waals surface area contributed by atoms with E-state index in [9.17, 15) is 13.6 Å². The lowest BCUT2D eigenvalue weighted by atomic mass is 9.89. The molecule has 0 heterocycles. The van der Waals surface area contributed by atoms with Crippen LogP contribution in [0.15, 0.2) is 18.2 Å². The van der Waals surface area contributed by atoms with Crippen LogP contribution in [0.1, 0.15) is 30.6 Å². The number of rotatable bonds is 5. The van der Waals surface area contributed by atoms with Crippen LogP contribution < -0.4 is 5.32 Å². The first-order chi connectivity index (χ1) is 8.37. The van der Waals surface area contributed by atoms with Gasteiger partial charge in [-0.1, -0.05) is 19.9 Å². The maximum Gasteiger partial charge on any atom is 0.257 e. The van der Waals surface area contributed by atoms with E-state index in [-0.39, 0.29) is 18.6 Å². The number of aliphatic hydroxyl groups is 1. The Morgan fingerprint density at radius 2 is 1.89 bits per heavy atom. The van der Waals surface area contributed by atoms with Crippen molar-refractivity contribution in [3.8, 4) is 0 Å². The Bertz CT molecular complexity index is 413. The van der Waals surface area contributed by atoms with Crippen molar-refractivity contribution < 1.29 is 18.7 Å². The number of hydrogen-bond acceptors (Lipinski definition) is 2. The van der Waals surface area contributed by atoms with Gasteiger partial charge < -0.3 is 10.4 Å². The fourth-order valence-electron chi connectivity index (χ4n) is 1.51. The molecule has 0 unspecified atom stereocenters. The van der Waals surface area contributed by atoms with E-state index in [1.165, 1.54) is 6.07 Å². The molecule has 1 aromatic rings. The zero-order valence-corrected chi connectivity index (χ0v) is 10.5. The molecule has 0 aromatic heterocycles. The van der Waals surface area contributed by atoms with Gasteiger partial charge in [0.05, 0.1) is 0 Å². The molecule has 1 amide bonds. The first-order valence-electron chi connectivity index (χ1n) is 5.70. The van der Waals surface area contributed by atoms with Crippen LogP contribution in [0, 0.1) is 17.0 Å². The maximum absolute atomic E-state index is 13.3. The molecule has 2 N–H and O–H groups in total. The van der Waals surface area contributed by atoms with Gasteiger partial charge in [-0.05, 0) is 24.0 Å². The van der Waals surface area contributed by atoms with Gasteiger partial charge in [-0.2, -0.15) is 0 Å². The number of nitrogens with one attached hydrogen (secondary N) is 1. The summed E-state index contributed by atoms with van der Waals surface area (Å²) in [7, 11) is 0. The van der Waals surface area contributed by atoms with Crippen molar-refractivity contribution in [3.05, 3.63) is 35.4 Å². The van der Waals surface area contributed by atoms with Gasteiger partial charge in [-0.15, -0.1) is 0 Å². The molecule has 0 saturated carbocycles. The Morgan fingerprint density at radius 3 is 2.39 bits per heavy atom. The number of carbonyl (C=O) groups is 1. The first kappa shape index (κ1) is 14.6.